The summed E-state index contributed by atoms with van der Waals surface area (Å²) >= 11 is 0. The fraction of sp³-hybridized carbons (Fsp3) is 0. The van der Waals surface area contributed by atoms with E-state index < -0.39 is 7.25 Å². The van der Waals surface area contributed by atoms with Gasteiger partial charge >= 0.3 is 18.8 Å². The number of benzene rings is 3. The van der Waals surface area contributed by atoms with Gasteiger partial charge < -0.3 is 22.4 Å². The lowest BCUT2D eigenvalue weighted by atomic mass is 10.0. The maximum atomic E-state index is 9.75. The summed E-state index contributed by atoms with van der Waals surface area (Å²) in [4.78, 5) is 0. The highest BCUT2D eigenvalue weighted by Crippen LogP contribution is 2.29. The zero-order chi connectivity index (χ0) is 23.0. The Balaban J connectivity index is 0.000000523. The van der Waals surface area contributed by atoms with E-state index in [1.807, 2.05) is 78.9 Å². The molecule has 0 aliphatic carbocycles. The lowest BCUT2D eigenvalue weighted by molar-refractivity contribution is 0.368. The molecule has 7 heteroatoms. The first-order valence-corrected chi connectivity index (χ1v) is 9.71. The quantitative estimate of drug-likeness (QED) is 0.199. The lowest BCUT2D eigenvalue weighted by Gasteiger charge is -2.00. The van der Waals surface area contributed by atoms with Gasteiger partial charge in [0.15, 0.2) is 0 Å². The molecule has 3 aromatic carbocycles. The van der Waals surface area contributed by atoms with E-state index in [0.29, 0.717) is 0 Å². The van der Waals surface area contributed by atoms with Crippen molar-refractivity contribution in [2.45, 2.75) is 0 Å². The Kier molecular flexibility index (Phi) is 7.44. The third-order valence-electron chi connectivity index (χ3n) is 4.31. The molecule has 32 heavy (non-hydrogen) atoms. The topological polar surface area (TPSA) is 31.5 Å². The summed E-state index contributed by atoms with van der Waals surface area (Å²) in [7, 11) is -6.00. The maximum Gasteiger partial charge on any atom is 0.673 e. The standard InChI is InChI=1S/C25H18O2.BF4/c26-23-14-11-19(12-15-23)13-16-24-17-22(20-7-3-1-4-8-20)18-25(27-24)21-9-5-2-6-10-21;2-1(3,4)5/h1-18H;/q;-1/p+1/b16-13+;. The SMILES string of the molecule is F[B-](F)(F)F.Oc1ccc(/C=C/c2cc(-c3ccccc3)cc(-c3ccccc3)[o+]2)cc1. The highest BCUT2D eigenvalue weighted by atomic mass is 19.5. The van der Waals surface area contributed by atoms with Crippen molar-refractivity contribution in [3.63, 3.8) is 0 Å². The molecule has 0 aliphatic rings. The molecule has 0 fully saturated rings. The van der Waals surface area contributed by atoms with Gasteiger partial charge in [0.2, 0.25) is 0 Å². The average molecular weight is 438 g/mol. The van der Waals surface area contributed by atoms with Gasteiger partial charge in [-0.3, -0.25) is 0 Å². The van der Waals surface area contributed by atoms with Crippen LogP contribution < -0.4 is 0 Å². The molecular formula is C25H19BF4O2. The van der Waals surface area contributed by atoms with Crippen molar-refractivity contribution in [1.29, 1.82) is 0 Å². The van der Waals surface area contributed by atoms with E-state index in [1.54, 1.807) is 12.1 Å². The van der Waals surface area contributed by atoms with Crippen molar-refractivity contribution in [1.82, 2.24) is 0 Å². The molecule has 2 nitrogen and oxygen atoms in total. The van der Waals surface area contributed by atoms with Crippen LogP contribution in [0.1, 0.15) is 11.3 Å². The van der Waals surface area contributed by atoms with Crippen molar-refractivity contribution in [2.75, 3.05) is 0 Å². The second kappa shape index (κ2) is 10.4. The van der Waals surface area contributed by atoms with Gasteiger partial charge in [-0.25, -0.2) is 4.42 Å². The molecule has 0 unspecified atom stereocenters. The van der Waals surface area contributed by atoms with Crippen LogP contribution in [-0.2, 0) is 0 Å². The number of hydrogen-bond donors (Lipinski definition) is 1. The van der Waals surface area contributed by atoms with Gasteiger partial charge in [-0.05, 0) is 41.5 Å². The minimum atomic E-state index is -6.00. The molecule has 0 atom stereocenters. The molecule has 1 N–H and O–H groups in total. The fourth-order valence-electron chi connectivity index (χ4n) is 2.91. The Bertz CT molecular complexity index is 1100. The van der Waals surface area contributed by atoms with Crippen molar-refractivity contribution in [3.05, 3.63) is 108 Å². The normalized spacial score (nSPS) is 11.1. The van der Waals surface area contributed by atoms with Crippen LogP contribution >= 0.6 is 0 Å². The molecule has 1 heterocycles. The summed E-state index contributed by atoms with van der Waals surface area (Å²) in [5.74, 6) is 1.85. The zero-order valence-corrected chi connectivity index (χ0v) is 16.8. The van der Waals surface area contributed by atoms with E-state index >= 15 is 0 Å². The smallest absolute Gasteiger partial charge is 0.508 e. The number of hydrogen-bond acceptors (Lipinski definition) is 1. The third kappa shape index (κ3) is 7.43. The monoisotopic (exact) mass is 438 g/mol. The van der Waals surface area contributed by atoms with E-state index in [4.69, 9.17) is 4.42 Å². The first-order valence-electron chi connectivity index (χ1n) is 9.71. The molecule has 4 aromatic rings. The predicted molar refractivity (Wildman–Crippen MR) is 121 cm³/mol. The lowest BCUT2D eigenvalue weighted by Crippen LogP contribution is -2.02. The summed E-state index contributed by atoms with van der Waals surface area (Å²) in [5, 5.41) is 9.42. The Morgan fingerprint density at radius 2 is 1.16 bits per heavy atom. The number of phenolic OH excluding ortho intramolecular Hbond substituents is 1. The molecule has 4 rings (SSSR count). The van der Waals surface area contributed by atoms with Gasteiger partial charge in [-0.15, -0.1) is 0 Å². The Morgan fingerprint density at radius 3 is 1.72 bits per heavy atom. The summed E-state index contributed by atoms with van der Waals surface area (Å²) in [5.41, 5.74) is 4.28. The maximum absolute atomic E-state index is 9.75. The van der Waals surface area contributed by atoms with E-state index in [2.05, 4.69) is 18.2 Å². The van der Waals surface area contributed by atoms with Gasteiger partial charge in [0.1, 0.15) is 5.75 Å². The Hall–Kier alpha value is -3.87. The van der Waals surface area contributed by atoms with Crippen LogP contribution in [0.15, 0.2) is 101 Å². The second-order valence-corrected chi connectivity index (χ2v) is 6.76. The molecule has 162 valence electrons. The number of aromatic hydroxyl groups is 1. The first kappa shape index (κ1) is 22.8. The minimum Gasteiger partial charge on any atom is -0.508 e. The van der Waals surface area contributed by atoms with Crippen LogP contribution in [0, 0.1) is 0 Å². The van der Waals surface area contributed by atoms with Crippen LogP contribution in [0.2, 0.25) is 0 Å². The van der Waals surface area contributed by atoms with Crippen molar-refractivity contribution in [3.8, 4) is 28.2 Å². The number of rotatable bonds is 4. The van der Waals surface area contributed by atoms with Gasteiger partial charge in [0.05, 0.1) is 17.7 Å². The second-order valence-electron chi connectivity index (χ2n) is 6.76. The summed E-state index contributed by atoms with van der Waals surface area (Å²) in [6.07, 6.45) is 3.92. The molecule has 1 aromatic heterocycles. The van der Waals surface area contributed by atoms with Crippen LogP contribution in [0.5, 0.6) is 5.75 Å². The highest BCUT2D eigenvalue weighted by Gasteiger charge is 2.20. The third-order valence-corrected chi connectivity index (χ3v) is 4.31. The van der Waals surface area contributed by atoms with Gasteiger partial charge in [-0.1, -0.05) is 60.7 Å². The van der Waals surface area contributed by atoms with Gasteiger partial charge in [0.25, 0.3) is 0 Å². The van der Waals surface area contributed by atoms with Crippen molar-refractivity contribution in [2.24, 2.45) is 0 Å². The number of halogens is 4. The van der Waals surface area contributed by atoms with Crippen molar-refractivity contribution >= 4 is 19.4 Å². The summed E-state index contributed by atoms with van der Waals surface area (Å²) < 4.78 is 45.1. The molecule has 0 spiro atoms. The van der Waals surface area contributed by atoms with Crippen LogP contribution in [0.25, 0.3) is 34.6 Å². The van der Waals surface area contributed by atoms with E-state index in [9.17, 15) is 22.4 Å². The van der Waals surface area contributed by atoms with E-state index in [0.717, 1.165) is 33.8 Å². The van der Waals surface area contributed by atoms with E-state index in [1.165, 1.54) is 0 Å². The zero-order valence-electron chi connectivity index (χ0n) is 16.8. The molecule has 0 aliphatic heterocycles. The summed E-state index contributed by atoms with van der Waals surface area (Å²) in [6.45, 7) is 0. The highest BCUT2D eigenvalue weighted by molar-refractivity contribution is 6.50. The Morgan fingerprint density at radius 1 is 0.625 bits per heavy atom. The number of phenols is 1. The molecule has 0 saturated heterocycles. The predicted octanol–water partition coefficient (Wildman–Crippen LogP) is 8.07. The van der Waals surface area contributed by atoms with Gasteiger partial charge in [0, 0.05) is 11.6 Å². The molecule has 0 bridgehead atoms. The Labute approximate surface area is 183 Å². The van der Waals surface area contributed by atoms with Crippen molar-refractivity contribution < 1.29 is 26.8 Å². The molecule has 0 amide bonds. The van der Waals surface area contributed by atoms with Gasteiger partial charge in [-0.2, -0.15) is 0 Å². The van der Waals surface area contributed by atoms with Crippen LogP contribution in [-0.4, -0.2) is 12.4 Å². The summed E-state index contributed by atoms with van der Waals surface area (Å²) in [6, 6.07) is 31.6. The van der Waals surface area contributed by atoms with Crippen LogP contribution in [0.3, 0.4) is 0 Å². The van der Waals surface area contributed by atoms with E-state index in [-0.39, 0.29) is 5.75 Å². The average Bonchev–Trinajstić information content (AvgIpc) is 2.79. The van der Waals surface area contributed by atoms with Crippen LogP contribution in [0.4, 0.5) is 17.3 Å². The fourth-order valence-corrected chi connectivity index (χ4v) is 2.91. The largest absolute Gasteiger partial charge is 0.673 e. The molecular weight excluding hydrogens is 419 g/mol. The minimum absolute atomic E-state index is 0.259. The molecule has 0 saturated carbocycles. The molecule has 0 radical (unpaired) electrons. The first-order chi connectivity index (χ1) is 15.3.